The molecule has 0 aliphatic heterocycles. The third-order valence-electron chi connectivity index (χ3n) is 3.00. The van der Waals surface area contributed by atoms with E-state index in [9.17, 15) is 17.6 Å². The second-order valence-electron chi connectivity index (χ2n) is 4.32. The van der Waals surface area contributed by atoms with Crippen LogP contribution in [0.25, 0.3) is 16.7 Å². The maximum absolute atomic E-state index is 14.0. The summed E-state index contributed by atoms with van der Waals surface area (Å²) in [4.78, 5) is 6.65. The highest BCUT2D eigenvalue weighted by molar-refractivity contribution is 7.71. The van der Waals surface area contributed by atoms with Crippen molar-refractivity contribution < 1.29 is 17.6 Å². The van der Waals surface area contributed by atoms with E-state index in [-0.39, 0.29) is 10.5 Å². The molecule has 0 fully saturated rings. The Morgan fingerprint density at radius 2 is 1.95 bits per heavy atom. The molecule has 0 radical (unpaired) electrons. The molecule has 1 N–H and O–H groups in total. The normalized spacial score (nSPS) is 12.0. The number of hydrogen-bond acceptors (Lipinski definition) is 2. The van der Waals surface area contributed by atoms with Crippen molar-refractivity contribution in [1.29, 1.82) is 0 Å². The van der Waals surface area contributed by atoms with Crippen LogP contribution in [0.2, 0.25) is 0 Å². The van der Waals surface area contributed by atoms with Gasteiger partial charge in [0.1, 0.15) is 5.82 Å². The number of nitrogens with zero attached hydrogens (tertiary/aromatic N) is 2. The minimum Gasteiger partial charge on any atom is -0.329 e. The minimum atomic E-state index is -4.56. The lowest BCUT2D eigenvalue weighted by molar-refractivity contribution is -0.137. The van der Waals surface area contributed by atoms with E-state index in [2.05, 4.69) is 9.97 Å². The highest BCUT2D eigenvalue weighted by Gasteiger charge is 2.31. The van der Waals surface area contributed by atoms with E-state index in [0.717, 1.165) is 12.1 Å². The van der Waals surface area contributed by atoms with Crippen LogP contribution >= 0.6 is 12.2 Å². The van der Waals surface area contributed by atoms with Crippen molar-refractivity contribution in [2.24, 2.45) is 0 Å². The molecule has 0 spiro atoms. The van der Waals surface area contributed by atoms with E-state index >= 15 is 0 Å². The van der Waals surface area contributed by atoms with Gasteiger partial charge in [0.25, 0.3) is 0 Å². The minimum absolute atomic E-state index is 0.0937. The van der Waals surface area contributed by atoms with Crippen LogP contribution in [-0.4, -0.2) is 14.5 Å². The summed E-state index contributed by atoms with van der Waals surface area (Å²) in [6.07, 6.45) is -1.64. The Labute approximate surface area is 120 Å². The lowest BCUT2D eigenvalue weighted by Gasteiger charge is -2.11. The predicted molar refractivity (Wildman–Crippen MR) is 71.2 cm³/mol. The molecule has 0 saturated heterocycles. The topological polar surface area (TPSA) is 33.6 Å². The summed E-state index contributed by atoms with van der Waals surface area (Å²) in [5, 5.41) is 0. The fraction of sp³-hybridized carbons (Fsp3) is 0.0769. The summed E-state index contributed by atoms with van der Waals surface area (Å²) < 4.78 is 53.6. The average molecular weight is 313 g/mol. The number of aromatic amines is 1. The number of alkyl halides is 3. The van der Waals surface area contributed by atoms with Crippen LogP contribution in [0.5, 0.6) is 0 Å². The molecule has 0 saturated carbocycles. The first-order valence-electron chi connectivity index (χ1n) is 5.80. The molecule has 3 aromatic rings. The fourth-order valence-electron chi connectivity index (χ4n) is 2.06. The number of halogens is 4. The van der Waals surface area contributed by atoms with E-state index in [1.54, 1.807) is 6.07 Å². The molecule has 0 aliphatic rings. The monoisotopic (exact) mass is 313 g/mol. The molecule has 3 rings (SSSR count). The van der Waals surface area contributed by atoms with Crippen molar-refractivity contribution in [3.63, 3.8) is 0 Å². The van der Waals surface area contributed by atoms with Gasteiger partial charge in [0.2, 0.25) is 0 Å². The highest BCUT2D eigenvalue weighted by Crippen LogP contribution is 2.32. The molecule has 3 nitrogen and oxygen atoms in total. The molecule has 0 atom stereocenters. The Hall–Kier alpha value is -2.22. The van der Waals surface area contributed by atoms with Crippen molar-refractivity contribution in [3.05, 3.63) is 52.8 Å². The number of rotatable bonds is 1. The molecule has 0 aliphatic carbocycles. The molecule has 108 valence electrons. The van der Waals surface area contributed by atoms with E-state index in [0.29, 0.717) is 17.1 Å². The van der Waals surface area contributed by atoms with Gasteiger partial charge in [-0.2, -0.15) is 13.2 Å². The molecular formula is C13H7F4N3S. The van der Waals surface area contributed by atoms with Gasteiger partial charge in [-0.1, -0.05) is 0 Å². The van der Waals surface area contributed by atoms with Crippen LogP contribution in [0.3, 0.4) is 0 Å². The molecule has 0 amide bonds. The van der Waals surface area contributed by atoms with Gasteiger partial charge >= 0.3 is 6.18 Å². The van der Waals surface area contributed by atoms with Gasteiger partial charge in [0, 0.05) is 6.20 Å². The predicted octanol–water partition coefficient (Wildman–Crippen LogP) is 4.24. The number of aromatic nitrogens is 3. The smallest absolute Gasteiger partial charge is 0.329 e. The van der Waals surface area contributed by atoms with Crippen LogP contribution in [0.15, 0.2) is 36.7 Å². The Morgan fingerprint density at radius 1 is 1.19 bits per heavy atom. The number of pyridine rings is 1. The largest absolute Gasteiger partial charge is 0.416 e. The molecule has 21 heavy (non-hydrogen) atoms. The lowest BCUT2D eigenvalue weighted by Crippen LogP contribution is -2.07. The summed E-state index contributed by atoms with van der Waals surface area (Å²) >= 11 is 5.06. The first-order valence-corrected chi connectivity index (χ1v) is 6.20. The maximum Gasteiger partial charge on any atom is 0.416 e. The number of fused-ring (bicyclic) bond motifs is 1. The number of nitrogens with one attached hydrogen (secondary N) is 1. The van der Waals surface area contributed by atoms with Crippen molar-refractivity contribution >= 4 is 23.3 Å². The second-order valence-corrected chi connectivity index (χ2v) is 4.71. The number of H-pyrrole nitrogens is 1. The van der Waals surface area contributed by atoms with E-state index in [1.807, 2.05) is 0 Å². The van der Waals surface area contributed by atoms with Gasteiger partial charge in [-0.3, -0.25) is 9.55 Å². The van der Waals surface area contributed by atoms with Crippen LogP contribution in [0.1, 0.15) is 5.56 Å². The molecule has 8 heteroatoms. The first kappa shape index (κ1) is 13.7. The standard InChI is InChI=1S/C13H7F4N3S/c14-8-2-1-7(13(15,16)17)5-11(8)20-10-3-4-18-6-9(10)19-12(20)21/h1-6H,(H,19,21). The van der Waals surface area contributed by atoms with Gasteiger partial charge in [0.15, 0.2) is 4.77 Å². The second kappa shape index (κ2) is 4.66. The van der Waals surface area contributed by atoms with Crippen molar-refractivity contribution in [2.45, 2.75) is 6.18 Å². The van der Waals surface area contributed by atoms with E-state index in [1.165, 1.54) is 17.0 Å². The Bertz CT molecular complexity index is 879. The summed E-state index contributed by atoms with van der Waals surface area (Å²) in [7, 11) is 0. The van der Waals surface area contributed by atoms with Crippen molar-refractivity contribution in [1.82, 2.24) is 14.5 Å². The van der Waals surface area contributed by atoms with Crippen molar-refractivity contribution in [3.8, 4) is 5.69 Å². The maximum atomic E-state index is 14.0. The Morgan fingerprint density at radius 3 is 2.67 bits per heavy atom. The fourth-order valence-corrected chi connectivity index (χ4v) is 2.37. The van der Waals surface area contributed by atoms with Crippen LogP contribution in [0, 0.1) is 10.6 Å². The third kappa shape index (κ3) is 2.31. The van der Waals surface area contributed by atoms with Crippen LogP contribution < -0.4 is 0 Å². The van der Waals surface area contributed by atoms with Crippen LogP contribution in [0.4, 0.5) is 17.6 Å². The van der Waals surface area contributed by atoms with Gasteiger partial charge in [-0.05, 0) is 36.5 Å². The first-order chi connectivity index (χ1) is 9.88. The summed E-state index contributed by atoms with van der Waals surface area (Å²) in [5.74, 6) is -0.795. The van der Waals surface area contributed by atoms with Gasteiger partial charge in [0.05, 0.1) is 28.5 Å². The quantitative estimate of drug-likeness (QED) is 0.538. The van der Waals surface area contributed by atoms with E-state index < -0.39 is 17.6 Å². The lowest BCUT2D eigenvalue weighted by atomic mass is 10.2. The average Bonchev–Trinajstić information content (AvgIpc) is 2.74. The molecule has 1 aromatic carbocycles. The molecule has 0 unspecified atom stereocenters. The zero-order valence-corrected chi connectivity index (χ0v) is 11.1. The number of benzene rings is 1. The van der Waals surface area contributed by atoms with Gasteiger partial charge in [-0.25, -0.2) is 4.39 Å². The third-order valence-corrected chi connectivity index (χ3v) is 3.28. The zero-order valence-electron chi connectivity index (χ0n) is 10.3. The molecule has 2 heterocycles. The summed E-state index contributed by atoms with van der Waals surface area (Å²) in [5.41, 5.74) is -0.232. The van der Waals surface area contributed by atoms with Gasteiger partial charge < -0.3 is 4.98 Å². The van der Waals surface area contributed by atoms with Gasteiger partial charge in [-0.15, -0.1) is 0 Å². The SMILES string of the molecule is Fc1ccc(C(F)(F)F)cc1-n1c(=S)[nH]c2cnccc21. The Kier molecular flexibility index (Phi) is 3.05. The summed E-state index contributed by atoms with van der Waals surface area (Å²) in [6.45, 7) is 0. The summed E-state index contributed by atoms with van der Waals surface area (Å²) in [6, 6.07) is 3.75. The molecular weight excluding hydrogens is 306 g/mol. The number of imidazole rings is 1. The highest BCUT2D eigenvalue weighted by atomic mass is 32.1. The zero-order chi connectivity index (χ0) is 15.2. The van der Waals surface area contributed by atoms with Crippen molar-refractivity contribution in [2.75, 3.05) is 0 Å². The van der Waals surface area contributed by atoms with E-state index in [4.69, 9.17) is 12.2 Å². The van der Waals surface area contributed by atoms with Crippen LogP contribution in [-0.2, 0) is 6.18 Å². The Balaban J connectivity index is 2.33. The number of hydrogen-bond donors (Lipinski definition) is 1. The molecule has 0 bridgehead atoms. The molecule has 2 aromatic heterocycles.